The highest BCUT2D eigenvalue weighted by molar-refractivity contribution is 5.01. The molecule has 2 saturated carbocycles. The summed E-state index contributed by atoms with van der Waals surface area (Å²) < 4.78 is 0. The van der Waals surface area contributed by atoms with Crippen LogP contribution in [0.3, 0.4) is 0 Å². The predicted octanol–water partition coefficient (Wildman–Crippen LogP) is 2.13. The van der Waals surface area contributed by atoms with Gasteiger partial charge in [0.15, 0.2) is 0 Å². The van der Waals surface area contributed by atoms with Crippen molar-refractivity contribution in [3.8, 4) is 0 Å². The molecule has 12 heavy (non-hydrogen) atoms. The van der Waals surface area contributed by atoms with Gasteiger partial charge in [-0.05, 0) is 50.6 Å². The molecule has 0 aromatic rings. The molecule has 2 aliphatic carbocycles. The molecule has 4 unspecified atom stereocenters. The Kier molecular flexibility index (Phi) is 1.52. The number of likely N-dealkylation sites (tertiary alicyclic amines) is 1. The van der Waals surface area contributed by atoms with Crippen molar-refractivity contribution < 1.29 is 0 Å². The predicted molar refractivity (Wildman–Crippen MR) is 50.0 cm³/mol. The molecule has 0 aromatic carbocycles. The molecule has 1 nitrogen and oxygen atoms in total. The molecule has 0 bridgehead atoms. The van der Waals surface area contributed by atoms with Gasteiger partial charge < -0.3 is 4.90 Å². The van der Waals surface area contributed by atoms with Crippen LogP contribution in [0.15, 0.2) is 0 Å². The van der Waals surface area contributed by atoms with Gasteiger partial charge in [0.1, 0.15) is 0 Å². The van der Waals surface area contributed by atoms with Gasteiger partial charge in [0, 0.05) is 6.04 Å². The topological polar surface area (TPSA) is 3.24 Å². The Balaban J connectivity index is 1.83. The zero-order valence-electron chi connectivity index (χ0n) is 8.00. The molecular formula is C11H19N. The van der Waals surface area contributed by atoms with Crippen molar-refractivity contribution in [2.75, 3.05) is 13.6 Å². The van der Waals surface area contributed by atoms with E-state index in [4.69, 9.17) is 0 Å². The fraction of sp³-hybridized carbons (Fsp3) is 1.00. The highest BCUT2D eigenvalue weighted by Crippen LogP contribution is 2.52. The van der Waals surface area contributed by atoms with Crippen LogP contribution >= 0.6 is 0 Å². The molecule has 1 aliphatic heterocycles. The van der Waals surface area contributed by atoms with E-state index in [0.717, 1.165) is 23.8 Å². The summed E-state index contributed by atoms with van der Waals surface area (Å²) in [5.41, 5.74) is 0. The van der Waals surface area contributed by atoms with Crippen LogP contribution < -0.4 is 0 Å². The van der Waals surface area contributed by atoms with Crippen molar-refractivity contribution in [3.63, 3.8) is 0 Å². The monoisotopic (exact) mass is 165 g/mol. The first-order chi connectivity index (χ1) is 5.86. The molecule has 0 radical (unpaired) electrons. The minimum absolute atomic E-state index is 0.986. The number of fused-ring (bicyclic) bond motifs is 3. The summed E-state index contributed by atoms with van der Waals surface area (Å²) in [5.74, 6) is 3.37. The van der Waals surface area contributed by atoms with Gasteiger partial charge in [-0.1, -0.05) is 12.8 Å². The van der Waals surface area contributed by atoms with E-state index in [1.807, 2.05) is 0 Å². The Morgan fingerprint density at radius 3 is 2.92 bits per heavy atom. The first kappa shape index (κ1) is 7.37. The lowest BCUT2D eigenvalue weighted by atomic mass is 9.90. The van der Waals surface area contributed by atoms with Gasteiger partial charge in [-0.2, -0.15) is 0 Å². The van der Waals surface area contributed by atoms with E-state index in [2.05, 4.69) is 11.9 Å². The van der Waals surface area contributed by atoms with Crippen LogP contribution in [0.25, 0.3) is 0 Å². The number of hydrogen-bond donors (Lipinski definition) is 0. The summed E-state index contributed by atoms with van der Waals surface area (Å²) in [5, 5.41) is 0. The molecule has 1 saturated heterocycles. The second-order valence-electron chi connectivity index (χ2n) is 5.09. The van der Waals surface area contributed by atoms with Crippen LogP contribution in [0.1, 0.15) is 32.1 Å². The summed E-state index contributed by atoms with van der Waals surface area (Å²) >= 11 is 0. The molecule has 1 heterocycles. The summed E-state index contributed by atoms with van der Waals surface area (Å²) in [4.78, 5) is 2.61. The molecule has 1 heteroatoms. The third-order valence-electron chi connectivity index (χ3n) is 4.69. The molecule has 0 amide bonds. The van der Waals surface area contributed by atoms with E-state index in [-0.39, 0.29) is 0 Å². The van der Waals surface area contributed by atoms with E-state index in [1.165, 1.54) is 25.8 Å². The van der Waals surface area contributed by atoms with Crippen LogP contribution in [0.5, 0.6) is 0 Å². The molecule has 0 aromatic heterocycles. The highest BCUT2D eigenvalue weighted by atomic mass is 15.2. The first-order valence-corrected chi connectivity index (χ1v) is 5.56. The molecule has 3 fully saturated rings. The van der Waals surface area contributed by atoms with Crippen LogP contribution in [0.2, 0.25) is 0 Å². The minimum Gasteiger partial charge on any atom is -0.303 e. The second kappa shape index (κ2) is 2.47. The molecule has 4 atom stereocenters. The Labute approximate surface area is 75.1 Å². The van der Waals surface area contributed by atoms with Crippen LogP contribution in [-0.4, -0.2) is 24.5 Å². The van der Waals surface area contributed by atoms with E-state index in [0.29, 0.717) is 0 Å². The van der Waals surface area contributed by atoms with E-state index in [9.17, 15) is 0 Å². The fourth-order valence-electron chi connectivity index (χ4n) is 4.12. The van der Waals surface area contributed by atoms with Gasteiger partial charge in [0.25, 0.3) is 0 Å². The van der Waals surface area contributed by atoms with Crippen molar-refractivity contribution in [2.24, 2.45) is 17.8 Å². The molecule has 3 rings (SSSR count). The zero-order chi connectivity index (χ0) is 8.13. The lowest BCUT2D eigenvalue weighted by molar-refractivity contribution is 0.277. The average molecular weight is 165 g/mol. The van der Waals surface area contributed by atoms with Gasteiger partial charge in [0.2, 0.25) is 0 Å². The Morgan fingerprint density at radius 1 is 1.08 bits per heavy atom. The fourth-order valence-corrected chi connectivity index (χ4v) is 4.12. The first-order valence-electron chi connectivity index (χ1n) is 5.56. The maximum atomic E-state index is 2.61. The molecule has 0 N–H and O–H groups in total. The van der Waals surface area contributed by atoms with Crippen molar-refractivity contribution >= 4 is 0 Å². The molecular weight excluding hydrogens is 146 g/mol. The van der Waals surface area contributed by atoms with Gasteiger partial charge in [-0.25, -0.2) is 0 Å². The van der Waals surface area contributed by atoms with E-state index >= 15 is 0 Å². The normalized spacial score (nSPS) is 52.8. The maximum Gasteiger partial charge on any atom is 0.0126 e. The van der Waals surface area contributed by atoms with Crippen LogP contribution in [-0.2, 0) is 0 Å². The number of nitrogens with zero attached hydrogens (tertiary/aromatic N) is 1. The largest absolute Gasteiger partial charge is 0.303 e. The summed E-state index contributed by atoms with van der Waals surface area (Å²) in [6.45, 7) is 1.37. The van der Waals surface area contributed by atoms with Crippen molar-refractivity contribution in [1.29, 1.82) is 0 Å². The zero-order valence-corrected chi connectivity index (χ0v) is 8.00. The average Bonchev–Trinajstić information content (AvgIpc) is 2.63. The number of hydrogen-bond acceptors (Lipinski definition) is 1. The van der Waals surface area contributed by atoms with Gasteiger partial charge >= 0.3 is 0 Å². The van der Waals surface area contributed by atoms with Crippen LogP contribution in [0.4, 0.5) is 0 Å². The summed E-state index contributed by atoms with van der Waals surface area (Å²) in [7, 11) is 2.33. The maximum absolute atomic E-state index is 2.61. The Hall–Kier alpha value is -0.0400. The van der Waals surface area contributed by atoms with Crippen LogP contribution in [0, 0.1) is 17.8 Å². The van der Waals surface area contributed by atoms with Gasteiger partial charge in [0.05, 0.1) is 0 Å². The smallest absolute Gasteiger partial charge is 0.0126 e. The second-order valence-corrected chi connectivity index (χ2v) is 5.09. The molecule has 68 valence electrons. The molecule has 3 aliphatic rings. The minimum atomic E-state index is 0.986. The standard InChI is InChI=1S/C11H19N/c1-12-6-5-10-9-4-2-3-8(9)7-11(10)12/h8-11H,2-7H2,1H3. The number of rotatable bonds is 0. The van der Waals surface area contributed by atoms with Crippen molar-refractivity contribution in [2.45, 2.75) is 38.1 Å². The lowest BCUT2D eigenvalue weighted by Gasteiger charge is -2.19. The molecule has 0 spiro atoms. The SMILES string of the molecule is CN1CCC2C3CCCC3CC21. The Morgan fingerprint density at radius 2 is 2.00 bits per heavy atom. The quantitative estimate of drug-likeness (QED) is 0.531. The lowest BCUT2D eigenvalue weighted by Crippen LogP contribution is -2.26. The van der Waals surface area contributed by atoms with Crippen molar-refractivity contribution in [3.05, 3.63) is 0 Å². The summed E-state index contributed by atoms with van der Waals surface area (Å²) in [6.07, 6.45) is 7.67. The van der Waals surface area contributed by atoms with Crippen molar-refractivity contribution in [1.82, 2.24) is 4.90 Å². The Bertz CT molecular complexity index is 187. The summed E-state index contributed by atoms with van der Waals surface area (Å²) in [6, 6.07) is 0.986. The van der Waals surface area contributed by atoms with Gasteiger partial charge in [-0.3, -0.25) is 0 Å². The van der Waals surface area contributed by atoms with E-state index in [1.54, 1.807) is 12.8 Å². The van der Waals surface area contributed by atoms with Gasteiger partial charge in [-0.15, -0.1) is 0 Å². The highest BCUT2D eigenvalue weighted by Gasteiger charge is 2.48. The third-order valence-corrected chi connectivity index (χ3v) is 4.69. The third kappa shape index (κ3) is 0.834. The van der Waals surface area contributed by atoms with E-state index < -0.39 is 0 Å².